The molecular weight excluding hydrogens is 254 g/mol. The third-order valence-corrected chi connectivity index (χ3v) is 3.98. The van der Waals surface area contributed by atoms with Crippen LogP contribution < -0.4 is 11.1 Å². The number of anilines is 1. The minimum absolute atomic E-state index is 0.0361. The smallest absolute Gasteiger partial charge is 0.220 e. The second kappa shape index (κ2) is 5.11. The lowest BCUT2D eigenvalue weighted by atomic mass is 9.85. The van der Waals surface area contributed by atoms with Crippen LogP contribution in [0.2, 0.25) is 0 Å². The van der Waals surface area contributed by atoms with Gasteiger partial charge < -0.3 is 11.1 Å². The zero-order chi connectivity index (χ0) is 14.1. The molecule has 1 saturated carbocycles. The first-order valence-corrected chi connectivity index (χ1v) is 7.00. The molecule has 2 heterocycles. The van der Waals surface area contributed by atoms with Gasteiger partial charge in [-0.05, 0) is 38.7 Å². The van der Waals surface area contributed by atoms with E-state index in [0.717, 1.165) is 42.7 Å². The average Bonchev–Trinajstić information content (AvgIpc) is 2.81. The van der Waals surface area contributed by atoms with Gasteiger partial charge in [-0.25, -0.2) is 9.50 Å². The Labute approximate surface area is 117 Å². The lowest BCUT2D eigenvalue weighted by molar-refractivity contribution is -0.122. The van der Waals surface area contributed by atoms with E-state index in [1.165, 1.54) is 0 Å². The highest BCUT2D eigenvalue weighted by molar-refractivity contribution is 5.76. The second-order valence-corrected chi connectivity index (χ2v) is 5.49. The van der Waals surface area contributed by atoms with E-state index >= 15 is 0 Å². The predicted molar refractivity (Wildman–Crippen MR) is 76.3 cm³/mol. The van der Waals surface area contributed by atoms with Crippen molar-refractivity contribution in [3.63, 3.8) is 0 Å². The van der Waals surface area contributed by atoms with E-state index in [2.05, 4.69) is 15.4 Å². The highest BCUT2D eigenvalue weighted by atomic mass is 16.1. The van der Waals surface area contributed by atoms with Crippen molar-refractivity contribution in [2.24, 2.45) is 11.7 Å². The predicted octanol–water partition coefficient (Wildman–Crippen LogP) is 1.49. The lowest BCUT2D eigenvalue weighted by Gasteiger charge is -2.27. The summed E-state index contributed by atoms with van der Waals surface area (Å²) in [4.78, 5) is 15.6. The van der Waals surface area contributed by atoms with E-state index < -0.39 is 0 Å². The maximum absolute atomic E-state index is 11.2. The van der Waals surface area contributed by atoms with Crippen molar-refractivity contribution in [1.29, 1.82) is 0 Å². The topological polar surface area (TPSA) is 85.3 Å². The van der Waals surface area contributed by atoms with Gasteiger partial charge in [0, 0.05) is 24.4 Å². The van der Waals surface area contributed by atoms with Crippen LogP contribution in [0.4, 0.5) is 5.82 Å². The fourth-order valence-electron chi connectivity index (χ4n) is 2.87. The summed E-state index contributed by atoms with van der Waals surface area (Å²) in [5, 5.41) is 7.85. The number of carbonyl (C=O) groups is 1. The second-order valence-electron chi connectivity index (χ2n) is 5.49. The number of nitrogens with two attached hydrogens (primary N) is 1. The Morgan fingerprint density at radius 1 is 1.40 bits per heavy atom. The summed E-state index contributed by atoms with van der Waals surface area (Å²) in [5.41, 5.74) is 7.32. The molecule has 1 amide bonds. The molecule has 0 bridgehead atoms. The van der Waals surface area contributed by atoms with Gasteiger partial charge in [0.15, 0.2) is 5.82 Å². The molecule has 106 valence electrons. The highest BCUT2D eigenvalue weighted by Gasteiger charge is 2.25. The minimum Gasteiger partial charge on any atom is -0.369 e. The molecule has 6 heteroatoms. The van der Waals surface area contributed by atoms with Gasteiger partial charge in [-0.3, -0.25) is 4.79 Å². The van der Waals surface area contributed by atoms with Crippen LogP contribution in [-0.2, 0) is 4.79 Å². The Bertz CT molecular complexity index is 628. The maximum atomic E-state index is 11.2. The van der Waals surface area contributed by atoms with Gasteiger partial charge in [0.2, 0.25) is 5.91 Å². The van der Waals surface area contributed by atoms with E-state index in [4.69, 9.17) is 5.73 Å². The number of fused-ring (bicyclic) bond motifs is 1. The zero-order valence-corrected chi connectivity index (χ0v) is 11.5. The molecule has 0 aromatic carbocycles. The Kier molecular flexibility index (Phi) is 3.30. The van der Waals surface area contributed by atoms with Gasteiger partial charge in [-0.1, -0.05) is 0 Å². The Morgan fingerprint density at radius 3 is 2.85 bits per heavy atom. The van der Waals surface area contributed by atoms with Gasteiger partial charge in [-0.15, -0.1) is 0 Å². The van der Waals surface area contributed by atoms with Crippen molar-refractivity contribution in [3.8, 4) is 0 Å². The summed E-state index contributed by atoms with van der Waals surface area (Å²) in [6.45, 7) is 1.97. The molecule has 3 N–H and O–H groups in total. The van der Waals surface area contributed by atoms with Crippen LogP contribution in [-0.4, -0.2) is 26.5 Å². The molecule has 1 aliphatic carbocycles. The molecule has 0 aliphatic heterocycles. The summed E-state index contributed by atoms with van der Waals surface area (Å²) in [6, 6.07) is 2.36. The van der Waals surface area contributed by atoms with Crippen LogP contribution in [0.5, 0.6) is 0 Å². The molecule has 20 heavy (non-hydrogen) atoms. The Balaban J connectivity index is 1.73. The standard InChI is InChI=1S/C14H19N5O/c1-9-8-12-14(16-6-7-19(12)18-9)17-11-4-2-10(3-5-11)13(15)20/h6-8,10-11H,2-5H2,1H3,(H2,15,20)(H,16,17). The van der Waals surface area contributed by atoms with Gasteiger partial charge >= 0.3 is 0 Å². The van der Waals surface area contributed by atoms with Crippen LogP contribution in [0.3, 0.4) is 0 Å². The molecular formula is C14H19N5O. The number of nitrogens with one attached hydrogen (secondary N) is 1. The van der Waals surface area contributed by atoms with Crippen molar-refractivity contribution in [3.05, 3.63) is 24.2 Å². The van der Waals surface area contributed by atoms with Crippen LogP contribution in [0, 0.1) is 12.8 Å². The molecule has 0 radical (unpaired) electrons. The first-order chi connectivity index (χ1) is 9.63. The molecule has 0 unspecified atom stereocenters. The van der Waals surface area contributed by atoms with Crippen molar-refractivity contribution < 1.29 is 4.79 Å². The first kappa shape index (κ1) is 12.9. The van der Waals surface area contributed by atoms with Crippen LogP contribution in [0.25, 0.3) is 5.52 Å². The molecule has 1 aliphatic rings. The highest BCUT2D eigenvalue weighted by Crippen LogP contribution is 2.27. The van der Waals surface area contributed by atoms with Gasteiger partial charge in [0.25, 0.3) is 0 Å². The summed E-state index contributed by atoms with van der Waals surface area (Å²) < 4.78 is 1.83. The zero-order valence-electron chi connectivity index (χ0n) is 11.5. The molecule has 1 fully saturated rings. The van der Waals surface area contributed by atoms with Gasteiger partial charge in [0.1, 0.15) is 5.52 Å². The number of rotatable bonds is 3. The van der Waals surface area contributed by atoms with Gasteiger partial charge in [0.05, 0.1) is 5.69 Å². The molecule has 6 nitrogen and oxygen atoms in total. The van der Waals surface area contributed by atoms with Crippen molar-refractivity contribution in [2.45, 2.75) is 38.6 Å². The summed E-state index contributed by atoms with van der Waals surface area (Å²) in [5.74, 6) is 0.722. The van der Waals surface area contributed by atoms with E-state index in [1.54, 1.807) is 6.20 Å². The summed E-state index contributed by atoms with van der Waals surface area (Å²) in [7, 11) is 0. The molecule has 3 rings (SSSR count). The van der Waals surface area contributed by atoms with Crippen LogP contribution in [0.15, 0.2) is 18.5 Å². The molecule has 2 aromatic heterocycles. The number of hydrogen-bond donors (Lipinski definition) is 2. The third-order valence-electron chi connectivity index (χ3n) is 3.98. The number of aromatic nitrogens is 3. The average molecular weight is 273 g/mol. The normalized spacial score (nSPS) is 22.9. The van der Waals surface area contributed by atoms with Crippen LogP contribution in [0.1, 0.15) is 31.4 Å². The molecule has 2 aromatic rings. The van der Waals surface area contributed by atoms with E-state index in [9.17, 15) is 4.79 Å². The fourth-order valence-corrected chi connectivity index (χ4v) is 2.87. The largest absolute Gasteiger partial charge is 0.369 e. The quantitative estimate of drug-likeness (QED) is 0.887. The number of carbonyl (C=O) groups excluding carboxylic acids is 1. The SMILES string of the molecule is Cc1cc2c(NC3CCC(C(N)=O)CC3)nccn2n1. The van der Waals surface area contributed by atoms with Gasteiger partial charge in [-0.2, -0.15) is 5.10 Å². The minimum atomic E-state index is -0.171. The molecule has 0 atom stereocenters. The first-order valence-electron chi connectivity index (χ1n) is 7.00. The van der Waals surface area contributed by atoms with E-state index in [1.807, 2.05) is 23.7 Å². The number of hydrogen-bond acceptors (Lipinski definition) is 4. The maximum Gasteiger partial charge on any atom is 0.220 e. The fraction of sp³-hybridized carbons (Fsp3) is 0.500. The number of amides is 1. The number of nitrogens with zero attached hydrogens (tertiary/aromatic N) is 3. The molecule has 0 spiro atoms. The summed E-state index contributed by atoms with van der Waals surface area (Å²) in [6.07, 6.45) is 7.20. The van der Waals surface area contributed by atoms with E-state index in [0.29, 0.717) is 6.04 Å². The van der Waals surface area contributed by atoms with Crippen molar-refractivity contribution in [1.82, 2.24) is 14.6 Å². The number of primary amides is 1. The Hall–Kier alpha value is -2.11. The lowest BCUT2D eigenvalue weighted by Crippen LogP contribution is -2.32. The Morgan fingerprint density at radius 2 is 2.15 bits per heavy atom. The van der Waals surface area contributed by atoms with E-state index in [-0.39, 0.29) is 11.8 Å². The third kappa shape index (κ3) is 2.45. The van der Waals surface area contributed by atoms with Crippen molar-refractivity contribution in [2.75, 3.05) is 5.32 Å². The van der Waals surface area contributed by atoms with Crippen LogP contribution >= 0.6 is 0 Å². The summed E-state index contributed by atoms with van der Waals surface area (Å²) >= 11 is 0. The molecule has 0 saturated heterocycles. The number of aryl methyl sites for hydroxylation is 1. The monoisotopic (exact) mass is 273 g/mol. The van der Waals surface area contributed by atoms with Crippen molar-refractivity contribution >= 4 is 17.2 Å².